The molecule has 0 saturated carbocycles. The first-order valence-corrected chi connectivity index (χ1v) is 8.83. The number of amides is 2. The third-order valence-corrected chi connectivity index (χ3v) is 4.23. The number of esters is 1. The Kier molecular flexibility index (Phi) is 7.82. The van der Waals surface area contributed by atoms with Gasteiger partial charge in [-0.05, 0) is 23.8 Å². The Hall–Kier alpha value is -2.86. The lowest BCUT2D eigenvalue weighted by Gasteiger charge is -2.19. The predicted octanol–water partition coefficient (Wildman–Crippen LogP) is 2.88. The molecule has 0 saturated heterocycles. The Labute approximate surface area is 162 Å². The maximum Gasteiger partial charge on any atom is 0.307 e. The molecule has 0 spiro atoms. The molecule has 2 rings (SSSR count). The maximum absolute atomic E-state index is 12.3. The molecule has 2 aromatic carbocycles. The van der Waals surface area contributed by atoms with E-state index in [1.807, 2.05) is 6.07 Å². The van der Waals surface area contributed by atoms with Gasteiger partial charge < -0.3 is 15.4 Å². The zero-order chi connectivity index (χ0) is 19.6. The maximum atomic E-state index is 12.3. The second-order valence-electron chi connectivity index (χ2n) is 5.79. The van der Waals surface area contributed by atoms with Gasteiger partial charge in [-0.1, -0.05) is 48.0 Å². The van der Waals surface area contributed by atoms with Gasteiger partial charge in [0, 0.05) is 23.6 Å². The number of halogens is 1. The van der Waals surface area contributed by atoms with Gasteiger partial charge in [-0.3, -0.25) is 14.4 Å². The van der Waals surface area contributed by atoms with Gasteiger partial charge in [0.05, 0.1) is 19.6 Å². The number of ether oxygens (including phenoxy) is 1. The average Bonchev–Trinajstić information content (AvgIpc) is 2.68. The third-order valence-electron chi connectivity index (χ3n) is 3.89. The topological polar surface area (TPSA) is 84.5 Å². The van der Waals surface area contributed by atoms with Crippen LogP contribution in [-0.4, -0.2) is 31.4 Å². The number of methoxy groups -OCH3 is 1. The lowest BCUT2D eigenvalue weighted by molar-refractivity contribution is -0.141. The molecule has 2 amide bonds. The van der Waals surface area contributed by atoms with Gasteiger partial charge in [0.15, 0.2) is 0 Å². The molecular weight excluding hydrogens is 368 g/mol. The van der Waals surface area contributed by atoms with Crippen molar-refractivity contribution in [2.75, 3.05) is 13.7 Å². The van der Waals surface area contributed by atoms with E-state index in [1.165, 1.54) is 7.11 Å². The molecular formula is C20H21ClN2O4. The Morgan fingerprint density at radius 1 is 1.04 bits per heavy atom. The second kappa shape index (κ2) is 10.3. The molecule has 1 unspecified atom stereocenters. The van der Waals surface area contributed by atoms with Crippen LogP contribution in [0.5, 0.6) is 0 Å². The fraction of sp³-hybridized carbons (Fsp3) is 0.250. The first kappa shape index (κ1) is 20.5. The molecule has 0 heterocycles. The molecule has 6 nitrogen and oxygen atoms in total. The molecule has 0 aliphatic rings. The predicted molar refractivity (Wildman–Crippen MR) is 102 cm³/mol. The van der Waals surface area contributed by atoms with Crippen LogP contribution in [0, 0.1) is 0 Å². The van der Waals surface area contributed by atoms with Crippen LogP contribution in [-0.2, 0) is 14.3 Å². The summed E-state index contributed by atoms with van der Waals surface area (Å²) in [5.41, 5.74) is 1.16. The highest BCUT2D eigenvalue weighted by atomic mass is 35.5. The molecule has 0 bridgehead atoms. The number of carbonyl (C=O) groups excluding carboxylic acids is 3. The second-order valence-corrected chi connectivity index (χ2v) is 6.20. The summed E-state index contributed by atoms with van der Waals surface area (Å²) >= 11 is 6.18. The summed E-state index contributed by atoms with van der Waals surface area (Å²) in [6.07, 6.45) is 0.0308. The van der Waals surface area contributed by atoms with E-state index >= 15 is 0 Å². The van der Waals surface area contributed by atoms with Crippen LogP contribution in [0.15, 0.2) is 54.6 Å². The number of hydrogen-bond donors (Lipinski definition) is 2. The third kappa shape index (κ3) is 6.42. The van der Waals surface area contributed by atoms with Crippen LogP contribution >= 0.6 is 11.6 Å². The highest BCUT2D eigenvalue weighted by molar-refractivity contribution is 6.31. The number of benzene rings is 2. The van der Waals surface area contributed by atoms with E-state index in [1.54, 1.807) is 48.5 Å². The van der Waals surface area contributed by atoms with Crippen molar-refractivity contribution < 1.29 is 19.1 Å². The summed E-state index contributed by atoms with van der Waals surface area (Å²) in [6, 6.07) is 15.1. The summed E-state index contributed by atoms with van der Waals surface area (Å²) < 4.78 is 4.69. The van der Waals surface area contributed by atoms with E-state index < -0.39 is 12.0 Å². The van der Waals surface area contributed by atoms with Gasteiger partial charge in [-0.25, -0.2) is 0 Å². The van der Waals surface area contributed by atoms with Crippen LogP contribution in [0.4, 0.5) is 0 Å². The van der Waals surface area contributed by atoms with E-state index in [4.69, 9.17) is 16.3 Å². The number of nitrogens with one attached hydrogen (secondary N) is 2. The van der Waals surface area contributed by atoms with E-state index in [0.717, 1.165) is 0 Å². The first-order chi connectivity index (χ1) is 13.0. The van der Waals surface area contributed by atoms with Crippen molar-refractivity contribution >= 4 is 29.4 Å². The Morgan fingerprint density at radius 3 is 2.37 bits per heavy atom. The molecule has 0 aliphatic heterocycles. The van der Waals surface area contributed by atoms with Crippen molar-refractivity contribution in [2.24, 2.45) is 0 Å². The number of rotatable bonds is 8. The summed E-state index contributed by atoms with van der Waals surface area (Å²) in [6.45, 7) is 0.174. The summed E-state index contributed by atoms with van der Waals surface area (Å²) in [5, 5.41) is 5.91. The van der Waals surface area contributed by atoms with Gasteiger partial charge in [-0.15, -0.1) is 0 Å². The summed E-state index contributed by atoms with van der Waals surface area (Å²) in [7, 11) is 1.28. The molecule has 0 aliphatic carbocycles. The van der Waals surface area contributed by atoms with E-state index in [9.17, 15) is 14.4 Å². The molecule has 142 valence electrons. The van der Waals surface area contributed by atoms with Crippen molar-refractivity contribution in [3.8, 4) is 0 Å². The average molecular weight is 389 g/mol. The van der Waals surface area contributed by atoms with Gasteiger partial charge in [-0.2, -0.15) is 0 Å². The SMILES string of the molecule is COC(=O)CC(NC(=O)CCNC(=O)c1ccccc1)c1ccccc1Cl. The lowest BCUT2D eigenvalue weighted by atomic mass is 10.0. The van der Waals surface area contributed by atoms with Gasteiger partial charge >= 0.3 is 5.97 Å². The van der Waals surface area contributed by atoms with Crippen LogP contribution in [0.2, 0.25) is 5.02 Å². The van der Waals surface area contributed by atoms with Crippen molar-refractivity contribution in [1.29, 1.82) is 0 Å². The normalized spacial score (nSPS) is 11.3. The molecule has 0 fully saturated rings. The van der Waals surface area contributed by atoms with Gasteiger partial charge in [0.1, 0.15) is 0 Å². The molecule has 0 aromatic heterocycles. The van der Waals surface area contributed by atoms with Crippen LogP contribution < -0.4 is 10.6 Å². The minimum absolute atomic E-state index is 0.0393. The smallest absolute Gasteiger partial charge is 0.307 e. The van der Waals surface area contributed by atoms with Crippen molar-refractivity contribution in [2.45, 2.75) is 18.9 Å². The van der Waals surface area contributed by atoms with Crippen molar-refractivity contribution in [3.63, 3.8) is 0 Å². The molecule has 1 atom stereocenters. The van der Waals surface area contributed by atoms with E-state index in [2.05, 4.69) is 10.6 Å². The Bertz CT molecular complexity index is 796. The minimum Gasteiger partial charge on any atom is -0.469 e. The van der Waals surface area contributed by atoms with Crippen LogP contribution in [0.25, 0.3) is 0 Å². The highest BCUT2D eigenvalue weighted by Gasteiger charge is 2.21. The van der Waals surface area contributed by atoms with E-state index in [0.29, 0.717) is 16.1 Å². The van der Waals surface area contributed by atoms with Crippen molar-refractivity contribution in [1.82, 2.24) is 10.6 Å². The Balaban J connectivity index is 1.92. The van der Waals surface area contributed by atoms with Crippen LogP contribution in [0.3, 0.4) is 0 Å². The van der Waals surface area contributed by atoms with Gasteiger partial charge in [0.2, 0.25) is 5.91 Å². The molecule has 27 heavy (non-hydrogen) atoms. The van der Waals surface area contributed by atoms with Crippen LogP contribution in [0.1, 0.15) is 34.8 Å². The fourth-order valence-electron chi connectivity index (χ4n) is 2.49. The quantitative estimate of drug-likeness (QED) is 0.681. The minimum atomic E-state index is -0.608. The van der Waals surface area contributed by atoms with E-state index in [-0.39, 0.29) is 31.2 Å². The number of hydrogen-bond acceptors (Lipinski definition) is 4. The first-order valence-electron chi connectivity index (χ1n) is 8.45. The summed E-state index contributed by atoms with van der Waals surface area (Å²) in [4.78, 5) is 35.9. The largest absolute Gasteiger partial charge is 0.469 e. The Morgan fingerprint density at radius 2 is 1.70 bits per heavy atom. The van der Waals surface area contributed by atoms with Gasteiger partial charge in [0.25, 0.3) is 5.91 Å². The summed E-state index contributed by atoms with van der Waals surface area (Å²) in [5.74, 6) is -1.02. The molecule has 0 radical (unpaired) electrons. The lowest BCUT2D eigenvalue weighted by Crippen LogP contribution is -2.34. The molecule has 2 aromatic rings. The molecule has 7 heteroatoms. The molecule has 2 N–H and O–H groups in total. The fourth-order valence-corrected chi connectivity index (χ4v) is 2.76. The monoisotopic (exact) mass is 388 g/mol. The zero-order valence-corrected chi connectivity index (χ0v) is 15.7. The zero-order valence-electron chi connectivity index (χ0n) is 14.9. The van der Waals surface area contributed by atoms with Crippen molar-refractivity contribution in [3.05, 3.63) is 70.7 Å². The number of carbonyl (C=O) groups is 3. The highest BCUT2D eigenvalue weighted by Crippen LogP contribution is 2.25. The standard InChI is InChI=1S/C20H21ClN2O4/c1-27-19(25)13-17(15-9-5-6-10-16(15)21)23-18(24)11-12-22-20(26)14-7-3-2-4-8-14/h2-10,17H,11-13H2,1H3,(H,22,26)(H,23,24).